The van der Waals surface area contributed by atoms with Gasteiger partial charge in [-0.05, 0) is 37.3 Å². The van der Waals surface area contributed by atoms with Crippen LogP contribution in [0.15, 0.2) is 90.2 Å². The number of aromatic nitrogens is 2. The van der Waals surface area contributed by atoms with Gasteiger partial charge < -0.3 is 10.1 Å². The van der Waals surface area contributed by atoms with Crippen LogP contribution >= 0.6 is 0 Å². The molecule has 2 amide bonds. The minimum atomic E-state index is -0.908. The molecule has 4 rings (SSSR count). The molecule has 0 bridgehead atoms. The van der Waals surface area contributed by atoms with Crippen LogP contribution in [0.3, 0.4) is 0 Å². The summed E-state index contributed by atoms with van der Waals surface area (Å²) in [5, 5.41) is 11.2. The molecule has 4 aromatic rings. The largest absolute Gasteiger partial charge is 0.495 e. The Morgan fingerprint density at radius 3 is 2.50 bits per heavy atom. The Hall–Kier alpha value is -4.72. The molecule has 0 radical (unpaired) electrons. The van der Waals surface area contributed by atoms with E-state index in [1.165, 1.54) is 13.3 Å². The van der Waals surface area contributed by atoms with E-state index in [0.29, 0.717) is 22.7 Å². The van der Waals surface area contributed by atoms with Crippen molar-refractivity contribution in [3.8, 4) is 22.7 Å². The summed E-state index contributed by atoms with van der Waals surface area (Å²) < 4.78 is 6.93. The number of hydrogen-bond donors (Lipinski definition) is 2. The van der Waals surface area contributed by atoms with Gasteiger partial charge in [0.05, 0.1) is 24.7 Å². The SMILES string of the molecule is COc1ccccc1NC(=O)C(=O)N/N=C\c1cn(-c2ccccc2)nc1-c1cccc(C)c1. The van der Waals surface area contributed by atoms with E-state index in [9.17, 15) is 9.59 Å². The first-order valence-electron chi connectivity index (χ1n) is 10.5. The molecule has 8 heteroatoms. The number of benzene rings is 3. The van der Waals surface area contributed by atoms with Gasteiger partial charge in [0.25, 0.3) is 0 Å². The molecule has 0 fully saturated rings. The smallest absolute Gasteiger partial charge is 0.329 e. The Kier molecular flexibility index (Phi) is 6.78. The van der Waals surface area contributed by atoms with E-state index in [0.717, 1.165) is 16.8 Å². The maximum absolute atomic E-state index is 12.3. The summed E-state index contributed by atoms with van der Waals surface area (Å²) in [7, 11) is 1.48. The Balaban J connectivity index is 1.54. The second-order valence-electron chi connectivity index (χ2n) is 7.44. The fourth-order valence-corrected chi connectivity index (χ4v) is 3.35. The van der Waals surface area contributed by atoms with E-state index in [4.69, 9.17) is 9.84 Å². The van der Waals surface area contributed by atoms with E-state index in [2.05, 4.69) is 15.8 Å². The molecule has 0 unspecified atom stereocenters. The fourth-order valence-electron chi connectivity index (χ4n) is 3.35. The van der Waals surface area contributed by atoms with Crippen molar-refractivity contribution in [3.05, 3.63) is 96.2 Å². The first kappa shape index (κ1) is 22.5. The number of hydrazone groups is 1. The highest BCUT2D eigenvalue weighted by molar-refractivity contribution is 6.39. The van der Waals surface area contributed by atoms with Gasteiger partial charge in [0.2, 0.25) is 0 Å². The third-order valence-electron chi connectivity index (χ3n) is 4.99. The van der Waals surface area contributed by atoms with Gasteiger partial charge in [0, 0.05) is 17.3 Å². The lowest BCUT2D eigenvalue weighted by Gasteiger charge is -2.08. The van der Waals surface area contributed by atoms with Crippen molar-refractivity contribution in [2.45, 2.75) is 6.92 Å². The molecule has 2 N–H and O–H groups in total. The minimum absolute atomic E-state index is 0.389. The molecular formula is C26H23N5O3. The molecule has 0 saturated carbocycles. The molecule has 1 aromatic heterocycles. The molecule has 0 aliphatic heterocycles. The number of carbonyl (C=O) groups excluding carboxylic acids is 2. The number of nitrogens with zero attached hydrogens (tertiary/aromatic N) is 3. The highest BCUT2D eigenvalue weighted by Gasteiger charge is 2.16. The molecule has 1 heterocycles. The topological polar surface area (TPSA) is 97.6 Å². The summed E-state index contributed by atoms with van der Waals surface area (Å²) in [5.41, 5.74) is 6.93. The van der Waals surface area contributed by atoms with Crippen molar-refractivity contribution in [1.82, 2.24) is 15.2 Å². The lowest BCUT2D eigenvalue weighted by atomic mass is 10.1. The van der Waals surface area contributed by atoms with Crippen LogP contribution in [-0.4, -0.2) is 34.9 Å². The number of hydrogen-bond acceptors (Lipinski definition) is 5. The molecular weight excluding hydrogens is 430 g/mol. The monoisotopic (exact) mass is 453 g/mol. The molecule has 0 aliphatic carbocycles. The van der Waals surface area contributed by atoms with E-state index in [-0.39, 0.29) is 0 Å². The number of methoxy groups -OCH3 is 1. The van der Waals surface area contributed by atoms with Crippen LogP contribution in [0.1, 0.15) is 11.1 Å². The molecule has 34 heavy (non-hydrogen) atoms. The Bertz CT molecular complexity index is 1350. The van der Waals surface area contributed by atoms with Crippen LogP contribution in [-0.2, 0) is 9.59 Å². The number of anilines is 1. The molecule has 0 atom stereocenters. The highest BCUT2D eigenvalue weighted by Crippen LogP contribution is 2.24. The van der Waals surface area contributed by atoms with Crippen molar-refractivity contribution in [1.29, 1.82) is 0 Å². The second-order valence-corrected chi connectivity index (χ2v) is 7.44. The minimum Gasteiger partial charge on any atom is -0.495 e. The van der Waals surface area contributed by atoms with Crippen molar-refractivity contribution in [2.75, 3.05) is 12.4 Å². The average Bonchev–Trinajstić information content (AvgIpc) is 3.29. The van der Waals surface area contributed by atoms with E-state index in [1.54, 1.807) is 28.9 Å². The lowest BCUT2D eigenvalue weighted by molar-refractivity contribution is -0.136. The van der Waals surface area contributed by atoms with Gasteiger partial charge in [0.1, 0.15) is 11.4 Å². The third-order valence-corrected chi connectivity index (χ3v) is 4.99. The van der Waals surface area contributed by atoms with E-state index < -0.39 is 11.8 Å². The van der Waals surface area contributed by atoms with Crippen LogP contribution in [0.5, 0.6) is 5.75 Å². The number of rotatable bonds is 6. The number of para-hydroxylation sites is 3. The Labute approximate surface area is 196 Å². The van der Waals surface area contributed by atoms with Gasteiger partial charge >= 0.3 is 11.8 Å². The maximum Gasteiger partial charge on any atom is 0.329 e. The molecule has 0 saturated heterocycles. The Morgan fingerprint density at radius 2 is 1.74 bits per heavy atom. The van der Waals surface area contributed by atoms with Crippen LogP contribution in [0, 0.1) is 6.92 Å². The zero-order valence-corrected chi connectivity index (χ0v) is 18.7. The number of carbonyl (C=O) groups is 2. The number of amides is 2. The summed E-state index contributed by atoms with van der Waals surface area (Å²) in [6.45, 7) is 2.01. The molecule has 0 aliphatic rings. The molecule has 8 nitrogen and oxygen atoms in total. The summed E-state index contributed by atoms with van der Waals surface area (Å²) >= 11 is 0. The van der Waals surface area contributed by atoms with Gasteiger partial charge in [-0.2, -0.15) is 10.2 Å². The zero-order valence-electron chi connectivity index (χ0n) is 18.7. The van der Waals surface area contributed by atoms with Crippen LogP contribution in [0.4, 0.5) is 5.69 Å². The standard InChI is InChI=1S/C26H23N5O3/c1-18-9-8-10-19(15-18)24-20(17-31(30-24)21-11-4-3-5-12-21)16-27-29-26(33)25(32)28-22-13-6-7-14-23(22)34-2/h3-17H,1-2H3,(H,28,32)(H,29,33)/b27-16-. The molecule has 3 aromatic carbocycles. The van der Waals surface area contributed by atoms with Crippen LogP contribution in [0.2, 0.25) is 0 Å². The van der Waals surface area contributed by atoms with Gasteiger partial charge in [0.15, 0.2) is 0 Å². The predicted octanol–water partition coefficient (Wildman–Crippen LogP) is 3.95. The van der Waals surface area contributed by atoms with Crippen molar-refractivity contribution in [2.24, 2.45) is 5.10 Å². The normalized spacial score (nSPS) is 10.8. The van der Waals surface area contributed by atoms with Crippen LogP contribution < -0.4 is 15.5 Å². The summed E-state index contributed by atoms with van der Waals surface area (Å²) in [5.74, 6) is -1.32. The first-order valence-corrected chi connectivity index (χ1v) is 10.5. The predicted molar refractivity (Wildman–Crippen MR) is 131 cm³/mol. The van der Waals surface area contributed by atoms with Gasteiger partial charge in [-0.15, -0.1) is 0 Å². The zero-order chi connectivity index (χ0) is 23.9. The van der Waals surface area contributed by atoms with Crippen molar-refractivity contribution >= 4 is 23.7 Å². The number of aryl methyl sites for hydroxylation is 1. The summed E-state index contributed by atoms with van der Waals surface area (Å²) in [6, 6.07) is 24.4. The second kappa shape index (κ2) is 10.3. The first-order chi connectivity index (χ1) is 16.5. The molecule has 170 valence electrons. The number of nitrogens with one attached hydrogen (secondary N) is 2. The van der Waals surface area contributed by atoms with E-state index in [1.807, 2.05) is 67.7 Å². The van der Waals surface area contributed by atoms with Crippen molar-refractivity contribution in [3.63, 3.8) is 0 Å². The maximum atomic E-state index is 12.3. The summed E-state index contributed by atoms with van der Waals surface area (Å²) in [6.07, 6.45) is 3.29. The van der Waals surface area contributed by atoms with E-state index >= 15 is 0 Å². The Morgan fingerprint density at radius 1 is 0.971 bits per heavy atom. The van der Waals surface area contributed by atoms with Gasteiger partial charge in [-0.3, -0.25) is 9.59 Å². The molecule has 0 spiro atoms. The van der Waals surface area contributed by atoms with Gasteiger partial charge in [-0.25, -0.2) is 10.1 Å². The third kappa shape index (κ3) is 5.18. The quantitative estimate of drug-likeness (QED) is 0.262. The van der Waals surface area contributed by atoms with Gasteiger partial charge in [-0.1, -0.05) is 54.1 Å². The highest BCUT2D eigenvalue weighted by atomic mass is 16.5. The summed E-state index contributed by atoms with van der Waals surface area (Å²) in [4.78, 5) is 24.5. The number of ether oxygens (including phenoxy) is 1. The van der Waals surface area contributed by atoms with Crippen molar-refractivity contribution < 1.29 is 14.3 Å². The lowest BCUT2D eigenvalue weighted by Crippen LogP contribution is -2.32. The average molecular weight is 454 g/mol. The fraction of sp³-hybridized carbons (Fsp3) is 0.0769. The van der Waals surface area contributed by atoms with Crippen LogP contribution in [0.25, 0.3) is 16.9 Å².